The molecular weight excluding hydrogens is 237 g/mol. The molecule has 0 radical (unpaired) electrons. The number of halogens is 1. The lowest BCUT2D eigenvalue weighted by molar-refractivity contribution is 0.568. The first kappa shape index (κ1) is 13.8. The summed E-state index contributed by atoms with van der Waals surface area (Å²) in [4.78, 5) is 0. The van der Waals surface area contributed by atoms with Gasteiger partial charge in [0.2, 0.25) is 0 Å². The van der Waals surface area contributed by atoms with Crippen molar-refractivity contribution in [2.24, 2.45) is 0 Å². The van der Waals surface area contributed by atoms with Crippen molar-refractivity contribution in [2.75, 3.05) is 0 Å². The van der Waals surface area contributed by atoms with Gasteiger partial charge < -0.3 is 5.32 Å². The summed E-state index contributed by atoms with van der Waals surface area (Å²) < 4.78 is 13.4. The van der Waals surface area contributed by atoms with Gasteiger partial charge in [-0.05, 0) is 43.5 Å². The van der Waals surface area contributed by atoms with E-state index in [1.165, 1.54) is 11.1 Å². The van der Waals surface area contributed by atoms with E-state index in [9.17, 15) is 4.39 Å². The van der Waals surface area contributed by atoms with Gasteiger partial charge in [0.15, 0.2) is 0 Å². The molecule has 0 aliphatic rings. The fraction of sp³-hybridized carbons (Fsp3) is 0.294. The molecule has 2 aromatic carbocycles. The second kappa shape index (κ2) is 5.98. The van der Waals surface area contributed by atoms with Crippen LogP contribution in [-0.2, 0) is 6.54 Å². The van der Waals surface area contributed by atoms with Crippen LogP contribution in [0.5, 0.6) is 0 Å². The van der Waals surface area contributed by atoms with E-state index in [0.717, 1.165) is 5.56 Å². The molecule has 0 aliphatic heterocycles. The molecule has 0 unspecified atom stereocenters. The van der Waals surface area contributed by atoms with Gasteiger partial charge in [-0.3, -0.25) is 0 Å². The third kappa shape index (κ3) is 3.65. The maximum Gasteiger partial charge on any atom is 0.126 e. The van der Waals surface area contributed by atoms with E-state index in [0.29, 0.717) is 12.1 Å². The van der Waals surface area contributed by atoms with Gasteiger partial charge in [0, 0.05) is 12.6 Å². The monoisotopic (exact) mass is 257 g/mol. The first-order valence-electron chi connectivity index (χ1n) is 6.61. The Balaban J connectivity index is 1.98. The number of hydrogen-bond donors (Lipinski definition) is 1. The summed E-state index contributed by atoms with van der Waals surface area (Å²) >= 11 is 0. The lowest BCUT2D eigenvalue weighted by atomic mass is 10.1. The molecule has 0 saturated carbocycles. The van der Waals surface area contributed by atoms with Gasteiger partial charge in [0.1, 0.15) is 5.82 Å². The smallest absolute Gasteiger partial charge is 0.126 e. The maximum absolute atomic E-state index is 13.4. The van der Waals surface area contributed by atoms with E-state index in [2.05, 4.69) is 43.4 Å². The van der Waals surface area contributed by atoms with Crippen LogP contribution in [-0.4, -0.2) is 0 Å². The van der Waals surface area contributed by atoms with Gasteiger partial charge in [-0.25, -0.2) is 4.39 Å². The van der Waals surface area contributed by atoms with Gasteiger partial charge in [-0.15, -0.1) is 0 Å². The average molecular weight is 257 g/mol. The Morgan fingerprint density at radius 2 is 1.74 bits per heavy atom. The van der Waals surface area contributed by atoms with Crippen LogP contribution in [0.25, 0.3) is 0 Å². The SMILES string of the molecule is Cc1ccc([C@@H](C)NCc2ccc(C)c(F)c2)cc1. The third-order valence-electron chi connectivity index (χ3n) is 3.43. The molecule has 19 heavy (non-hydrogen) atoms. The highest BCUT2D eigenvalue weighted by Crippen LogP contribution is 2.15. The number of aryl methyl sites for hydroxylation is 2. The van der Waals surface area contributed by atoms with Crippen LogP contribution in [0.4, 0.5) is 4.39 Å². The minimum Gasteiger partial charge on any atom is -0.306 e. The zero-order valence-corrected chi connectivity index (χ0v) is 11.7. The average Bonchev–Trinajstić information content (AvgIpc) is 2.40. The summed E-state index contributed by atoms with van der Waals surface area (Å²) in [5.74, 6) is -0.137. The zero-order chi connectivity index (χ0) is 13.8. The Kier molecular flexibility index (Phi) is 4.33. The van der Waals surface area contributed by atoms with E-state index in [1.54, 1.807) is 13.0 Å². The highest BCUT2D eigenvalue weighted by molar-refractivity contribution is 5.25. The quantitative estimate of drug-likeness (QED) is 0.861. The van der Waals surface area contributed by atoms with E-state index in [1.807, 2.05) is 12.1 Å². The molecule has 2 aromatic rings. The van der Waals surface area contributed by atoms with Crippen molar-refractivity contribution >= 4 is 0 Å². The van der Waals surface area contributed by atoms with Gasteiger partial charge >= 0.3 is 0 Å². The molecule has 0 amide bonds. The molecular formula is C17H20FN. The van der Waals surface area contributed by atoms with Gasteiger partial charge in [-0.2, -0.15) is 0 Å². The minimum atomic E-state index is -0.137. The molecule has 1 nitrogen and oxygen atoms in total. The van der Waals surface area contributed by atoms with Crippen LogP contribution in [0.3, 0.4) is 0 Å². The molecule has 100 valence electrons. The van der Waals surface area contributed by atoms with E-state index < -0.39 is 0 Å². The molecule has 0 saturated heterocycles. The lowest BCUT2D eigenvalue weighted by Crippen LogP contribution is -2.18. The Morgan fingerprint density at radius 1 is 1.05 bits per heavy atom. The summed E-state index contributed by atoms with van der Waals surface area (Å²) in [6.07, 6.45) is 0. The summed E-state index contributed by atoms with van der Waals surface area (Å²) in [5, 5.41) is 3.41. The molecule has 2 rings (SSSR count). The van der Waals surface area contributed by atoms with Gasteiger partial charge in [0.25, 0.3) is 0 Å². The molecule has 0 spiro atoms. The highest BCUT2D eigenvalue weighted by Gasteiger charge is 2.05. The van der Waals surface area contributed by atoms with Crippen molar-refractivity contribution in [1.82, 2.24) is 5.32 Å². The Bertz CT molecular complexity index is 546. The molecule has 1 atom stereocenters. The molecule has 2 heteroatoms. The Labute approximate surface area is 114 Å². The van der Waals surface area contributed by atoms with Gasteiger partial charge in [0.05, 0.1) is 0 Å². The second-order valence-corrected chi connectivity index (χ2v) is 5.10. The fourth-order valence-corrected chi connectivity index (χ4v) is 1.99. The molecule has 0 fully saturated rings. The lowest BCUT2D eigenvalue weighted by Gasteiger charge is -2.15. The predicted octanol–water partition coefficient (Wildman–Crippen LogP) is 4.29. The van der Waals surface area contributed by atoms with Crippen LogP contribution in [0, 0.1) is 19.7 Å². The summed E-state index contributed by atoms with van der Waals surface area (Å²) in [6.45, 7) is 6.65. The summed E-state index contributed by atoms with van der Waals surface area (Å²) in [6, 6.07) is 14.1. The van der Waals surface area contributed by atoms with Crippen LogP contribution >= 0.6 is 0 Å². The van der Waals surface area contributed by atoms with Crippen LogP contribution in [0.1, 0.15) is 35.2 Å². The van der Waals surface area contributed by atoms with Crippen molar-refractivity contribution in [1.29, 1.82) is 0 Å². The maximum atomic E-state index is 13.4. The normalized spacial score (nSPS) is 12.4. The molecule has 0 bridgehead atoms. The van der Waals surface area contributed by atoms with Crippen molar-refractivity contribution < 1.29 is 4.39 Å². The van der Waals surface area contributed by atoms with Crippen LogP contribution in [0.15, 0.2) is 42.5 Å². The first-order chi connectivity index (χ1) is 9.06. The number of benzene rings is 2. The standard InChI is InChI=1S/C17H20FN/c1-12-4-8-16(9-5-12)14(3)19-11-15-7-6-13(2)17(18)10-15/h4-10,14,19H,11H2,1-3H3/t14-/m1/s1. The number of hydrogen-bond acceptors (Lipinski definition) is 1. The molecule has 0 heterocycles. The second-order valence-electron chi connectivity index (χ2n) is 5.10. The van der Waals surface area contributed by atoms with Gasteiger partial charge in [-0.1, -0.05) is 42.0 Å². The van der Waals surface area contributed by atoms with Crippen LogP contribution < -0.4 is 5.32 Å². The van der Waals surface area contributed by atoms with Crippen molar-refractivity contribution in [3.05, 3.63) is 70.5 Å². The van der Waals surface area contributed by atoms with E-state index in [-0.39, 0.29) is 11.9 Å². The molecule has 0 aromatic heterocycles. The molecule has 1 N–H and O–H groups in total. The Morgan fingerprint density at radius 3 is 2.37 bits per heavy atom. The topological polar surface area (TPSA) is 12.0 Å². The van der Waals surface area contributed by atoms with Crippen molar-refractivity contribution in [2.45, 2.75) is 33.4 Å². The predicted molar refractivity (Wildman–Crippen MR) is 77.6 cm³/mol. The number of rotatable bonds is 4. The largest absolute Gasteiger partial charge is 0.306 e. The van der Waals surface area contributed by atoms with Crippen molar-refractivity contribution in [3.8, 4) is 0 Å². The summed E-state index contributed by atoms with van der Waals surface area (Å²) in [7, 11) is 0. The van der Waals surface area contributed by atoms with E-state index in [4.69, 9.17) is 0 Å². The minimum absolute atomic E-state index is 0.137. The zero-order valence-electron chi connectivity index (χ0n) is 11.7. The van der Waals surface area contributed by atoms with Crippen LogP contribution in [0.2, 0.25) is 0 Å². The number of nitrogens with one attached hydrogen (secondary N) is 1. The fourth-order valence-electron chi connectivity index (χ4n) is 1.99. The molecule has 0 aliphatic carbocycles. The van der Waals surface area contributed by atoms with Crippen molar-refractivity contribution in [3.63, 3.8) is 0 Å². The third-order valence-corrected chi connectivity index (χ3v) is 3.43. The first-order valence-corrected chi connectivity index (χ1v) is 6.61. The van der Waals surface area contributed by atoms with E-state index >= 15 is 0 Å². The highest BCUT2D eigenvalue weighted by atomic mass is 19.1. The Hall–Kier alpha value is -1.67. The summed E-state index contributed by atoms with van der Waals surface area (Å²) in [5.41, 5.74) is 4.17.